The van der Waals surface area contributed by atoms with Crippen molar-refractivity contribution in [2.45, 2.75) is 37.8 Å². The first-order chi connectivity index (χ1) is 7.12. The lowest BCUT2D eigenvalue weighted by molar-refractivity contribution is -0.146. The molecule has 0 aromatic heterocycles. The van der Waals surface area contributed by atoms with Crippen LogP contribution in [0.25, 0.3) is 0 Å². The van der Waals surface area contributed by atoms with Crippen molar-refractivity contribution >= 4 is 16.1 Å². The van der Waals surface area contributed by atoms with Crippen LogP contribution in [0.4, 0.5) is 13.2 Å². The number of carbonyl (C=O) groups is 1. The molecule has 0 saturated heterocycles. The van der Waals surface area contributed by atoms with Gasteiger partial charge in [-0.3, -0.25) is 0 Å². The number of carboxylic acid groups (broad SMARTS) is 1. The molecule has 0 aromatic carbocycles. The summed E-state index contributed by atoms with van der Waals surface area (Å²) in [5.74, 6) is -1.73. The third-order valence-electron chi connectivity index (χ3n) is 1.62. The molecule has 0 fully saturated rings. The van der Waals surface area contributed by atoms with Crippen LogP contribution in [0.15, 0.2) is 0 Å². The van der Waals surface area contributed by atoms with Crippen molar-refractivity contribution in [3.63, 3.8) is 0 Å². The van der Waals surface area contributed by atoms with E-state index in [1.807, 2.05) is 0 Å². The van der Waals surface area contributed by atoms with Gasteiger partial charge >= 0.3 is 21.6 Å². The molecule has 0 heterocycles. The Balaban J connectivity index is 4.71. The minimum absolute atomic E-state index is 0.254. The number of rotatable bonds is 6. The molecule has 0 aliphatic heterocycles. The number of halogens is 3. The van der Waals surface area contributed by atoms with Gasteiger partial charge in [-0.15, -0.1) is 0 Å². The van der Waals surface area contributed by atoms with Crippen molar-refractivity contribution < 1.29 is 35.7 Å². The Labute approximate surface area is 90.3 Å². The van der Waals surface area contributed by atoms with Crippen molar-refractivity contribution in [3.05, 3.63) is 0 Å². The van der Waals surface area contributed by atoms with E-state index in [1.165, 1.54) is 0 Å². The fourth-order valence-corrected chi connectivity index (χ4v) is 1.40. The normalized spacial score (nSPS) is 14.8. The van der Waals surface area contributed by atoms with Gasteiger partial charge in [0, 0.05) is 0 Å². The van der Waals surface area contributed by atoms with Crippen LogP contribution in [0.5, 0.6) is 0 Å². The van der Waals surface area contributed by atoms with Gasteiger partial charge < -0.3 is 5.11 Å². The third kappa shape index (κ3) is 4.35. The molecule has 0 aromatic rings. The Kier molecular flexibility index (Phi) is 5.20. The van der Waals surface area contributed by atoms with Crippen LogP contribution < -0.4 is 0 Å². The molecule has 0 aliphatic rings. The second-order valence-electron chi connectivity index (χ2n) is 2.97. The van der Waals surface area contributed by atoms with Crippen molar-refractivity contribution in [3.8, 4) is 0 Å². The smallest absolute Gasteiger partial charge is 0.479 e. The zero-order valence-corrected chi connectivity index (χ0v) is 9.14. The van der Waals surface area contributed by atoms with E-state index in [0.717, 1.165) is 0 Å². The molecule has 0 saturated carbocycles. The minimum Gasteiger partial charge on any atom is -0.479 e. The molecule has 0 aliphatic carbocycles. The van der Waals surface area contributed by atoms with Crippen LogP contribution in [-0.2, 0) is 19.1 Å². The zero-order valence-electron chi connectivity index (χ0n) is 8.32. The van der Waals surface area contributed by atoms with Crippen LogP contribution in [0.3, 0.4) is 0 Å². The summed E-state index contributed by atoms with van der Waals surface area (Å²) in [6.07, 6.45) is -1.52. The molecular formula is C7H11F3O5S. The summed E-state index contributed by atoms with van der Waals surface area (Å²) >= 11 is 0. The van der Waals surface area contributed by atoms with Gasteiger partial charge in [-0.2, -0.15) is 21.6 Å². The van der Waals surface area contributed by atoms with Crippen LogP contribution in [0.2, 0.25) is 0 Å². The molecule has 0 spiro atoms. The molecule has 0 rings (SSSR count). The van der Waals surface area contributed by atoms with Gasteiger partial charge in [0.25, 0.3) is 0 Å². The van der Waals surface area contributed by atoms with Crippen LogP contribution >= 0.6 is 0 Å². The summed E-state index contributed by atoms with van der Waals surface area (Å²) in [5, 5.41) is 8.47. The second kappa shape index (κ2) is 5.48. The predicted octanol–water partition coefficient (Wildman–Crippen LogP) is 1.50. The number of carboxylic acids is 1. The summed E-state index contributed by atoms with van der Waals surface area (Å²) in [7, 11) is -5.85. The van der Waals surface area contributed by atoms with Gasteiger partial charge in [0.05, 0.1) is 0 Å². The van der Waals surface area contributed by atoms with Crippen molar-refractivity contribution in [1.82, 2.24) is 0 Å². The Morgan fingerprint density at radius 1 is 1.44 bits per heavy atom. The van der Waals surface area contributed by atoms with Gasteiger partial charge in [-0.05, 0) is 6.42 Å². The highest BCUT2D eigenvalue weighted by molar-refractivity contribution is 7.87. The fourth-order valence-electron chi connectivity index (χ4n) is 0.810. The summed E-state index contributed by atoms with van der Waals surface area (Å²) in [6, 6.07) is 0. The fraction of sp³-hybridized carbons (Fsp3) is 0.857. The topological polar surface area (TPSA) is 80.7 Å². The van der Waals surface area contributed by atoms with E-state index in [0.29, 0.717) is 6.42 Å². The summed E-state index contributed by atoms with van der Waals surface area (Å²) in [6.45, 7) is 1.68. The first kappa shape index (κ1) is 15.2. The predicted molar refractivity (Wildman–Crippen MR) is 47.0 cm³/mol. The molecule has 1 N–H and O–H groups in total. The molecule has 1 unspecified atom stereocenters. The highest BCUT2D eigenvalue weighted by Gasteiger charge is 2.49. The lowest BCUT2D eigenvalue weighted by Gasteiger charge is -2.14. The van der Waals surface area contributed by atoms with E-state index in [2.05, 4.69) is 4.18 Å². The van der Waals surface area contributed by atoms with Crippen LogP contribution in [0.1, 0.15) is 26.2 Å². The van der Waals surface area contributed by atoms with E-state index in [9.17, 15) is 26.4 Å². The van der Waals surface area contributed by atoms with E-state index >= 15 is 0 Å². The van der Waals surface area contributed by atoms with Crippen molar-refractivity contribution in [2.24, 2.45) is 0 Å². The van der Waals surface area contributed by atoms with E-state index < -0.39 is 27.7 Å². The SMILES string of the molecule is CCCCC(OS(=O)(=O)C(F)(F)F)C(=O)O. The summed E-state index contributed by atoms with van der Waals surface area (Å²) < 4.78 is 60.3. The lowest BCUT2D eigenvalue weighted by atomic mass is 10.2. The monoisotopic (exact) mass is 264 g/mol. The number of aliphatic carboxylic acids is 1. The largest absolute Gasteiger partial charge is 0.523 e. The van der Waals surface area contributed by atoms with Crippen molar-refractivity contribution in [2.75, 3.05) is 0 Å². The maximum absolute atomic E-state index is 11.9. The summed E-state index contributed by atoms with van der Waals surface area (Å²) in [4.78, 5) is 10.5. The van der Waals surface area contributed by atoms with Gasteiger partial charge in [0.1, 0.15) is 0 Å². The second-order valence-corrected chi connectivity index (χ2v) is 4.53. The lowest BCUT2D eigenvalue weighted by Crippen LogP contribution is -2.34. The van der Waals surface area contributed by atoms with E-state index in [1.54, 1.807) is 6.92 Å². The van der Waals surface area contributed by atoms with Crippen LogP contribution in [0, 0.1) is 0 Å². The van der Waals surface area contributed by atoms with Crippen LogP contribution in [-0.4, -0.2) is 31.1 Å². The number of unbranched alkanes of at least 4 members (excludes halogenated alkanes) is 1. The Morgan fingerprint density at radius 3 is 2.25 bits per heavy atom. The van der Waals surface area contributed by atoms with Gasteiger partial charge in [-0.25, -0.2) is 8.98 Å². The third-order valence-corrected chi connectivity index (χ3v) is 2.67. The number of alkyl halides is 3. The first-order valence-electron chi connectivity index (χ1n) is 4.34. The summed E-state index contributed by atoms with van der Waals surface area (Å²) in [5.41, 5.74) is -5.60. The highest BCUT2D eigenvalue weighted by atomic mass is 32.2. The molecule has 5 nitrogen and oxygen atoms in total. The Hall–Kier alpha value is -0.830. The van der Waals surface area contributed by atoms with Gasteiger partial charge in [0.2, 0.25) is 0 Å². The molecular weight excluding hydrogens is 253 g/mol. The minimum atomic E-state index is -5.85. The number of hydrogen-bond donors (Lipinski definition) is 1. The first-order valence-corrected chi connectivity index (χ1v) is 5.75. The van der Waals surface area contributed by atoms with Gasteiger partial charge in [0.15, 0.2) is 6.10 Å². The van der Waals surface area contributed by atoms with Gasteiger partial charge in [-0.1, -0.05) is 19.8 Å². The Bertz CT molecular complexity index is 334. The molecule has 9 heteroatoms. The van der Waals surface area contributed by atoms with E-state index in [-0.39, 0.29) is 12.8 Å². The molecule has 0 bridgehead atoms. The number of hydrogen-bond acceptors (Lipinski definition) is 4. The highest BCUT2D eigenvalue weighted by Crippen LogP contribution is 2.26. The molecule has 1 atom stereocenters. The zero-order chi connectivity index (χ0) is 13.0. The molecule has 0 radical (unpaired) electrons. The van der Waals surface area contributed by atoms with E-state index in [4.69, 9.17) is 5.11 Å². The molecule has 96 valence electrons. The molecule has 16 heavy (non-hydrogen) atoms. The average molecular weight is 264 g/mol. The maximum atomic E-state index is 11.9. The molecule has 0 amide bonds. The Morgan fingerprint density at radius 2 is 1.94 bits per heavy atom. The maximum Gasteiger partial charge on any atom is 0.523 e. The van der Waals surface area contributed by atoms with Crippen molar-refractivity contribution in [1.29, 1.82) is 0 Å². The quantitative estimate of drug-likeness (QED) is 0.580. The average Bonchev–Trinajstić information content (AvgIpc) is 2.09. The standard InChI is InChI=1S/C7H11F3O5S/c1-2-3-4-5(6(11)12)15-16(13,14)7(8,9)10/h5H,2-4H2,1H3,(H,11,12).